The molecule has 1 aromatic heterocycles. The Labute approximate surface area is 93.9 Å². The highest BCUT2D eigenvalue weighted by Crippen LogP contribution is 2.19. The predicted octanol–water partition coefficient (Wildman–Crippen LogP) is 2.32. The zero-order valence-corrected chi connectivity index (χ0v) is 9.58. The third kappa shape index (κ3) is 3.40. The molecule has 0 saturated heterocycles. The Bertz CT molecular complexity index is 371. The summed E-state index contributed by atoms with van der Waals surface area (Å²) in [5.74, 6) is 0.540. The lowest BCUT2D eigenvalue weighted by Crippen LogP contribution is -2.10. The Kier molecular flexibility index (Phi) is 3.91. The first kappa shape index (κ1) is 11.8. The third-order valence-electron chi connectivity index (χ3n) is 1.70. The van der Waals surface area contributed by atoms with Gasteiger partial charge in [0.1, 0.15) is 5.02 Å². The molecule has 0 aliphatic heterocycles. The number of carbonyl (C=O) groups is 1. The lowest BCUT2D eigenvalue weighted by Gasteiger charge is -2.03. The molecule has 0 unspecified atom stereocenters. The number of hydrogen-bond acceptors (Lipinski definition) is 2. The van der Waals surface area contributed by atoms with Gasteiger partial charge in [-0.1, -0.05) is 32.0 Å². The number of anilines is 1. The van der Waals surface area contributed by atoms with Crippen LogP contribution in [0.2, 0.25) is 5.02 Å². The maximum atomic E-state index is 11.0. The Balaban J connectivity index is 2.77. The van der Waals surface area contributed by atoms with Crippen LogP contribution in [0.4, 0.5) is 5.82 Å². The van der Waals surface area contributed by atoms with Crippen LogP contribution in [-0.2, 0) is 11.3 Å². The molecule has 1 N–H and O–H groups in total. The molecule has 4 nitrogen and oxygen atoms in total. The minimum atomic E-state index is -0.313. The fourth-order valence-corrected chi connectivity index (χ4v) is 1.31. The summed E-state index contributed by atoms with van der Waals surface area (Å²) in [6, 6.07) is 0. The van der Waals surface area contributed by atoms with Gasteiger partial charge in [-0.3, -0.25) is 9.48 Å². The normalized spacial score (nSPS) is 10.4. The van der Waals surface area contributed by atoms with Crippen LogP contribution < -0.4 is 5.32 Å². The molecule has 0 aromatic carbocycles. The van der Waals surface area contributed by atoms with E-state index in [1.807, 2.05) is 0 Å². The van der Waals surface area contributed by atoms with Crippen LogP contribution in [0.3, 0.4) is 0 Å². The van der Waals surface area contributed by atoms with E-state index in [1.165, 1.54) is 6.08 Å². The van der Waals surface area contributed by atoms with Gasteiger partial charge >= 0.3 is 0 Å². The molecule has 0 fully saturated rings. The smallest absolute Gasteiger partial charge is 0.249 e. The molecule has 82 valence electrons. The van der Waals surface area contributed by atoms with Gasteiger partial charge in [0.15, 0.2) is 5.82 Å². The number of nitrogens with one attached hydrogen (secondary N) is 1. The van der Waals surface area contributed by atoms with E-state index in [4.69, 9.17) is 11.6 Å². The first-order chi connectivity index (χ1) is 7.02. The van der Waals surface area contributed by atoms with Gasteiger partial charge in [-0.2, -0.15) is 5.10 Å². The Morgan fingerprint density at radius 1 is 1.80 bits per heavy atom. The van der Waals surface area contributed by atoms with Crippen LogP contribution in [-0.4, -0.2) is 15.7 Å². The summed E-state index contributed by atoms with van der Waals surface area (Å²) in [5, 5.41) is 7.11. The molecule has 0 radical (unpaired) electrons. The summed E-state index contributed by atoms with van der Waals surface area (Å²) in [5.41, 5.74) is 0. The van der Waals surface area contributed by atoms with Crippen LogP contribution in [0.15, 0.2) is 18.9 Å². The largest absolute Gasteiger partial charge is 0.304 e. The van der Waals surface area contributed by atoms with E-state index in [2.05, 4.69) is 30.8 Å². The van der Waals surface area contributed by atoms with Crippen molar-refractivity contribution in [3.63, 3.8) is 0 Å². The highest BCUT2D eigenvalue weighted by Gasteiger charge is 2.09. The number of aromatic nitrogens is 2. The lowest BCUT2D eigenvalue weighted by molar-refractivity contribution is -0.111. The molecule has 0 aliphatic carbocycles. The van der Waals surface area contributed by atoms with Gasteiger partial charge in [0.2, 0.25) is 5.91 Å². The van der Waals surface area contributed by atoms with Gasteiger partial charge in [-0.25, -0.2) is 0 Å². The zero-order valence-electron chi connectivity index (χ0n) is 8.83. The maximum absolute atomic E-state index is 11.0. The highest BCUT2D eigenvalue weighted by atomic mass is 35.5. The second kappa shape index (κ2) is 4.98. The molecule has 15 heavy (non-hydrogen) atoms. The Morgan fingerprint density at radius 2 is 2.47 bits per heavy atom. The van der Waals surface area contributed by atoms with E-state index < -0.39 is 0 Å². The van der Waals surface area contributed by atoms with Crippen molar-refractivity contribution in [3.05, 3.63) is 23.9 Å². The molecule has 1 heterocycles. The summed E-state index contributed by atoms with van der Waals surface area (Å²) < 4.78 is 1.71. The van der Waals surface area contributed by atoms with E-state index in [-0.39, 0.29) is 5.91 Å². The van der Waals surface area contributed by atoms with Gasteiger partial charge in [-0.05, 0) is 12.0 Å². The van der Waals surface area contributed by atoms with Crippen molar-refractivity contribution in [2.24, 2.45) is 5.92 Å². The molecule has 1 amide bonds. The molecule has 0 spiro atoms. The molecule has 0 atom stereocenters. The minimum Gasteiger partial charge on any atom is -0.304 e. The number of carbonyl (C=O) groups excluding carboxylic acids is 1. The number of amides is 1. The number of halogens is 1. The van der Waals surface area contributed by atoms with E-state index in [0.717, 1.165) is 6.54 Å². The molecular formula is C10H14ClN3O. The van der Waals surface area contributed by atoms with Crippen molar-refractivity contribution in [1.82, 2.24) is 9.78 Å². The Morgan fingerprint density at radius 3 is 3.00 bits per heavy atom. The standard InChI is InChI=1S/C10H14ClN3O/c1-4-9(15)12-10-8(11)6-14(13-10)5-7(2)3/h4,6-7H,1,5H2,2-3H3,(H,12,13,15). The third-order valence-corrected chi connectivity index (χ3v) is 1.97. The maximum Gasteiger partial charge on any atom is 0.249 e. The monoisotopic (exact) mass is 227 g/mol. The summed E-state index contributed by atoms with van der Waals surface area (Å²) in [4.78, 5) is 11.0. The molecule has 1 aromatic rings. The van der Waals surface area contributed by atoms with E-state index in [9.17, 15) is 4.79 Å². The molecule has 5 heteroatoms. The average molecular weight is 228 g/mol. The molecule has 1 rings (SSSR count). The van der Waals surface area contributed by atoms with Crippen LogP contribution in [0.5, 0.6) is 0 Å². The van der Waals surface area contributed by atoms with Gasteiger partial charge in [0.05, 0.1) is 0 Å². The lowest BCUT2D eigenvalue weighted by atomic mass is 10.2. The second-order valence-electron chi connectivity index (χ2n) is 3.63. The minimum absolute atomic E-state index is 0.313. The fourth-order valence-electron chi connectivity index (χ4n) is 1.12. The molecule has 0 aliphatic rings. The summed E-state index contributed by atoms with van der Waals surface area (Å²) in [6.07, 6.45) is 2.87. The number of hydrogen-bond donors (Lipinski definition) is 1. The van der Waals surface area contributed by atoms with E-state index >= 15 is 0 Å². The summed E-state index contributed by atoms with van der Waals surface area (Å²) in [6.45, 7) is 8.28. The van der Waals surface area contributed by atoms with Gasteiger partial charge in [-0.15, -0.1) is 0 Å². The van der Waals surface area contributed by atoms with Crippen LogP contribution >= 0.6 is 11.6 Å². The summed E-state index contributed by atoms with van der Waals surface area (Å²) >= 11 is 5.90. The van der Waals surface area contributed by atoms with E-state index in [0.29, 0.717) is 16.8 Å². The van der Waals surface area contributed by atoms with Crippen molar-refractivity contribution in [1.29, 1.82) is 0 Å². The topological polar surface area (TPSA) is 46.9 Å². The van der Waals surface area contributed by atoms with Crippen molar-refractivity contribution in [2.45, 2.75) is 20.4 Å². The first-order valence-electron chi connectivity index (χ1n) is 4.69. The molecular weight excluding hydrogens is 214 g/mol. The second-order valence-corrected chi connectivity index (χ2v) is 4.04. The van der Waals surface area contributed by atoms with Crippen molar-refractivity contribution in [2.75, 3.05) is 5.32 Å². The quantitative estimate of drug-likeness (QED) is 0.803. The fraction of sp³-hybridized carbons (Fsp3) is 0.400. The van der Waals surface area contributed by atoms with Crippen molar-refractivity contribution in [3.8, 4) is 0 Å². The van der Waals surface area contributed by atoms with Gasteiger partial charge in [0.25, 0.3) is 0 Å². The number of rotatable bonds is 4. The van der Waals surface area contributed by atoms with Crippen LogP contribution in [0.25, 0.3) is 0 Å². The van der Waals surface area contributed by atoms with Crippen molar-refractivity contribution < 1.29 is 4.79 Å². The van der Waals surface area contributed by atoms with E-state index in [1.54, 1.807) is 10.9 Å². The highest BCUT2D eigenvalue weighted by molar-refractivity contribution is 6.33. The van der Waals surface area contributed by atoms with Crippen LogP contribution in [0, 0.1) is 5.92 Å². The van der Waals surface area contributed by atoms with Crippen molar-refractivity contribution >= 4 is 23.3 Å². The number of nitrogens with zero attached hydrogens (tertiary/aromatic N) is 2. The SMILES string of the molecule is C=CC(=O)Nc1nn(CC(C)C)cc1Cl. The van der Waals surface area contributed by atoms with Gasteiger partial charge in [0, 0.05) is 12.7 Å². The first-order valence-corrected chi connectivity index (χ1v) is 5.07. The molecule has 0 bridgehead atoms. The zero-order chi connectivity index (χ0) is 11.4. The van der Waals surface area contributed by atoms with Gasteiger partial charge < -0.3 is 5.32 Å². The van der Waals surface area contributed by atoms with Crippen LogP contribution in [0.1, 0.15) is 13.8 Å². The average Bonchev–Trinajstić information content (AvgIpc) is 2.45. The Hall–Kier alpha value is -1.29. The molecule has 0 saturated carbocycles. The summed E-state index contributed by atoms with van der Waals surface area (Å²) in [7, 11) is 0. The predicted molar refractivity (Wildman–Crippen MR) is 60.9 cm³/mol.